The second-order valence-corrected chi connectivity index (χ2v) is 0. The molecule has 0 aliphatic heterocycles. The fourth-order valence-electron chi connectivity index (χ4n) is 0. The Morgan fingerprint density at radius 3 is 0.750 bits per heavy atom. The summed E-state index contributed by atoms with van der Waals surface area (Å²) in [5.74, 6) is 0. The third kappa shape index (κ3) is 9.62. The first-order valence-electron chi connectivity index (χ1n) is 0. The number of hydrogen-bond acceptors (Lipinski definition) is 0. The first-order chi connectivity index (χ1) is 0. The Hall–Kier alpha value is 1.54. The zero-order chi connectivity index (χ0) is 0. The molecule has 0 amide bonds. The van der Waals surface area contributed by atoms with E-state index in [1.165, 1.54) is 0 Å². The summed E-state index contributed by atoms with van der Waals surface area (Å²) in [6, 6.07) is 0. The van der Waals surface area contributed by atoms with E-state index in [0.29, 0.717) is 0 Å². The van der Waals surface area contributed by atoms with E-state index in [1.807, 2.05) is 0 Å². The van der Waals surface area contributed by atoms with Gasteiger partial charge < -0.3 is 11.0 Å². The second kappa shape index (κ2) is 23.9. The van der Waals surface area contributed by atoms with Gasteiger partial charge in [0.25, 0.3) is 0 Å². The minimum atomic E-state index is 0. The van der Waals surface area contributed by atoms with E-state index >= 15 is 0 Å². The Morgan fingerprint density at radius 1 is 0.750 bits per heavy atom. The molecule has 0 saturated heterocycles. The molecule has 0 heterocycles. The Morgan fingerprint density at radius 2 is 0.750 bits per heavy atom. The van der Waals surface area contributed by atoms with Gasteiger partial charge in [-0.15, -0.1) is 0 Å². The molecule has 0 unspecified atom stereocenters. The van der Waals surface area contributed by atoms with Crippen molar-refractivity contribution in [2.24, 2.45) is 0 Å². The van der Waals surface area contributed by atoms with E-state index in [0.717, 1.165) is 0 Å². The van der Waals surface area contributed by atoms with Gasteiger partial charge in [-0.3, -0.25) is 0 Å². The van der Waals surface area contributed by atoms with Gasteiger partial charge >= 0.3 is 48.6 Å². The molecular formula is AuO2Zr+3. The molecule has 0 aliphatic rings. The Balaban J connectivity index is 0. The molecule has 0 aromatic heterocycles. The average Bonchev–Trinajstić information content (AvgIpc) is 0. The van der Waals surface area contributed by atoms with E-state index in [4.69, 9.17) is 0 Å². The zero-order valence-corrected chi connectivity index (χ0v) is 6.24. The maximum atomic E-state index is 0. The molecule has 2 nitrogen and oxygen atoms in total. The molecule has 0 rings (SSSR count). The van der Waals surface area contributed by atoms with Crippen LogP contribution in [0.2, 0.25) is 0 Å². The molecule has 0 aromatic carbocycles. The fourth-order valence-corrected chi connectivity index (χ4v) is 0. The summed E-state index contributed by atoms with van der Waals surface area (Å²) < 4.78 is 0. The van der Waals surface area contributed by atoms with Crippen LogP contribution in [0.1, 0.15) is 0 Å². The van der Waals surface area contributed by atoms with Gasteiger partial charge in [-0.25, -0.2) is 0 Å². The smallest absolute Gasteiger partial charge is 2.00 e. The number of hydrogen-bond donors (Lipinski definition) is 0. The van der Waals surface area contributed by atoms with Crippen LogP contribution < -0.4 is 0 Å². The maximum Gasteiger partial charge on any atom is 4.00 e. The van der Waals surface area contributed by atoms with E-state index in [-0.39, 0.29) is 59.5 Å². The van der Waals surface area contributed by atoms with Crippen LogP contribution in [0, 0.1) is 0 Å². The fraction of sp³-hybridized carbons (Fsp3) is 0. The van der Waals surface area contributed by atoms with Crippen molar-refractivity contribution in [3.63, 3.8) is 0 Å². The Labute approximate surface area is 59.2 Å². The molecule has 0 spiro atoms. The van der Waals surface area contributed by atoms with Crippen molar-refractivity contribution in [1.29, 1.82) is 0 Å². The van der Waals surface area contributed by atoms with E-state index in [1.54, 1.807) is 0 Å². The summed E-state index contributed by atoms with van der Waals surface area (Å²) in [6.07, 6.45) is 0. The van der Waals surface area contributed by atoms with Crippen molar-refractivity contribution in [3.05, 3.63) is 0 Å². The molecule has 0 aliphatic carbocycles. The largest absolute Gasteiger partial charge is 4.00 e. The normalized spacial score (nSPS) is 0. The topological polar surface area (TPSA) is 57.0 Å². The van der Waals surface area contributed by atoms with Crippen LogP contribution >= 0.6 is 0 Å². The van der Waals surface area contributed by atoms with Crippen LogP contribution in [0.15, 0.2) is 0 Å². The minimum Gasteiger partial charge on any atom is -2.00 e. The molecule has 0 saturated carbocycles. The van der Waals surface area contributed by atoms with E-state index < -0.39 is 0 Å². The average molecular weight is 320 g/mol. The van der Waals surface area contributed by atoms with Crippen LogP contribution in [0.5, 0.6) is 0 Å². The molecule has 0 N–H and O–H groups in total. The predicted molar refractivity (Wildman–Crippen MR) is 1.37 cm³/mol. The summed E-state index contributed by atoms with van der Waals surface area (Å²) in [6.45, 7) is 0. The predicted octanol–water partition coefficient (Wildman–Crippen LogP) is -0.243. The molecule has 0 radical (unpaired) electrons. The van der Waals surface area contributed by atoms with Crippen molar-refractivity contribution in [1.82, 2.24) is 0 Å². The van der Waals surface area contributed by atoms with Gasteiger partial charge in [-0.2, -0.15) is 0 Å². The summed E-state index contributed by atoms with van der Waals surface area (Å²) in [5.41, 5.74) is 0. The van der Waals surface area contributed by atoms with Gasteiger partial charge in [0.15, 0.2) is 0 Å². The van der Waals surface area contributed by atoms with Crippen molar-refractivity contribution < 1.29 is 59.5 Å². The maximum absolute atomic E-state index is 0. The van der Waals surface area contributed by atoms with Crippen LogP contribution in [-0.2, 0) is 59.5 Å². The van der Waals surface area contributed by atoms with Crippen molar-refractivity contribution in [2.45, 2.75) is 0 Å². The molecule has 4 heavy (non-hydrogen) atoms. The second-order valence-electron chi connectivity index (χ2n) is 0. The van der Waals surface area contributed by atoms with Crippen molar-refractivity contribution >= 4 is 0 Å². The SMILES string of the molecule is [Au+3].[O-2].[O-2].[Zr+4]. The Kier molecular flexibility index (Phi) is 288. The monoisotopic (exact) mass is 319 g/mol. The first kappa shape index (κ1) is 48.0. The number of rotatable bonds is 0. The van der Waals surface area contributed by atoms with Gasteiger partial charge in [0, 0.05) is 0 Å². The Bertz CT molecular complexity index is 6.00. The van der Waals surface area contributed by atoms with Gasteiger partial charge in [0.05, 0.1) is 0 Å². The van der Waals surface area contributed by atoms with Crippen LogP contribution in [0.4, 0.5) is 0 Å². The molecular weight excluding hydrogens is 320 g/mol. The summed E-state index contributed by atoms with van der Waals surface area (Å²) in [5, 5.41) is 0. The van der Waals surface area contributed by atoms with Gasteiger partial charge in [0.2, 0.25) is 0 Å². The summed E-state index contributed by atoms with van der Waals surface area (Å²) in [7, 11) is 0. The van der Waals surface area contributed by atoms with E-state index in [2.05, 4.69) is 0 Å². The minimum absolute atomic E-state index is 0. The van der Waals surface area contributed by atoms with Crippen LogP contribution in [0.3, 0.4) is 0 Å². The van der Waals surface area contributed by atoms with Gasteiger partial charge in [0.1, 0.15) is 0 Å². The third-order valence-electron chi connectivity index (χ3n) is 0. The molecule has 4 heteroatoms. The molecule has 24 valence electrons. The molecule has 0 atom stereocenters. The van der Waals surface area contributed by atoms with Crippen LogP contribution in [-0.4, -0.2) is 0 Å². The van der Waals surface area contributed by atoms with Gasteiger partial charge in [-0.05, 0) is 0 Å². The molecule has 0 fully saturated rings. The summed E-state index contributed by atoms with van der Waals surface area (Å²) >= 11 is 0. The summed E-state index contributed by atoms with van der Waals surface area (Å²) in [4.78, 5) is 0. The first-order valence-corrected chi connectivity index (χ1v) is 0. The quantitative estimate of drug-likeness (QED) is 0.553. The van der Waals surface area contributed by atoms with Crippen molar-refractivity contribution in [2.75, 3.05) is 0 Å². The van der Waals surface area contributed by atoms with Crippen molar-refractivity contribution in [3.8, 4) is 0 Å². The molecule has 0 aromatic rings. The standard InChI is InChI=1S/Au.2O.Zr/q+3;2*-2;+4. The molecule has 0 bridgehead atoms. The zero-order valence-electron chi connectivity index (χ0n) is 1.62. The third-order valence-corrected chi connectivity index (χ3v) is 0. The van der Waals surface area contributed by atoms with Gasteiger partial charge in [-0.1, -0.05) is 0 Å². The van der Waals surface area contributed by atoms with E-state index in [9.17, 15) is 0 Å². The van der Waals surface area contributed by atoms with Crippen LogP contribution in [0.25, 0.3) is 0 Å².